The minimum Gasteiger partial charge on any atom is -0.288 e. The molecule has 0 aliphatic rings. The number of halogens is 2. The van der Waals surface area contributed by atoms with Crippen LogP contribution in [-0.4, -0.2) is 5.78 Å². The van der Waals surface area contributed by atoms with Crippen LogP contribution in [-0.2, 0) is 0 Å². The normalized spacial score (nSPS) is 10.9. The highest BCUT2D eigenvalue weighted by atomic mass is 79.9. The summed E-state index contributed by atoms with van der Waals surface area (Å²) < 4.78 is 1.93. The molecule has 0 radical (unpaired) electrons. The van der Waals surface area contributed by atoms with Gasteiger partial charge in [-0.15, -0.1) is 11.3 Å². The second-order valence-corrected chi connectivity index (χ2v) is 6.03. The monoisotopic (exact) mass is 370 g/mol. The molecule has 17 heavy (non-hydrogen) atoms. The van der Waals surface area contributed by atoms with Crippen LogP contribution in [0.5, 0.6) is 0 Å². The number of hydrogen-bond acceptors (Lipinski definition) is 2. The average Bonchev–Trinajstić information content (AvgIpc) is 2.74. The smallest absolute Gasteiger partial charge is 0.195 e. The highest BCUT2D eigenvalue weighted by Crippen LogP contribution is 2.21. The van der Waals surface area contributed by atoms with Gasteiger partial charge < -0.3 is 0 Å². The lowest BCUT2D eigenvalue weighted by Crippen LogP contribution is -1.88. The van der Waals surface area contributed by atoms with Crippen molar-refractivity contribution in [3.8, 4) is 0 Å². The number of benzene rings is 1. The fourth-order valence-electron chi connectivity index (χ4n) is 1.30. The Kier molecular flexibility index (Phi) is 4.31. The summed E-state index contributed by atoms with van der Waals surface area (Å²) in [6.07, 6.45) is 3.42. The van der Waals surface area contributed by atoms with Crippen LogP contribution in [0.2, 0.25) is 0 Å². The first-order chi connectivity index (χ1) is 8.16. The number of thiophene rings is 1. The zero-order valence-corrected chi connectivity index (χ0v) is 12.7. The molecule has 0 unspecified atom stereocenters. The zero-order chi connectivity index (χ0) is 12.3. The van der Waals surface area contributed by atoms with Crippen LogP contribution >= 0.6 is 43.2 Å². The molecule has 0 atom stereocenters. The van der Waals surface area contributed by atoms with Gasteiger partial charge in [-0.25, -0.2) is 0 Å². The molecule has 4 heteroatoms. The van der Waals surface area contributed by atoms with E-state index in [1.54, 1.807) is 6.08 Å². The van der Waals surface area contributed by atoms with Crippen LogP contribution in [0.25, 0.3) is 6.08 Å². The van der Waals surface area contributed by atoms with Crippen molar-refractivity contribution in [2.75, 3.05) is 0 Å². The lowest BCUT2D eigenvalue weighted by Gasteiger charge is -1.96. The van der Waals surface area contributed by atoms with Crippen LogP contribution < -0.4 is 0 Å². The molecule has 0 amide bonds. The summed E-state index contributed by atoms with van der Waals surface area (Å²) in [6, 6.07) is 9.62. The summed E-state index contributed by atoms with van der Waals surface area (Å²) >= 11 is 8.21. The van der Waals surface area contributed by atoms with E-state index in [-0.39, 0.29) is 5.78 Å². The fraction of sp³-hybridized carbons (Fsp3) is 0. The molecule has 2 aromatic rings. The van der Waals surface area contributed by atoms with Gasteiger partial charge in [0.15, 0.2) is 5.78 Å². The van der Waals surface area contributed by atoms with Gasteiger partial charge in [0, 0.05) is 14.3 Å². The maximum atomic E-state index is 11.8. The Bertz CT molecular complexity index is 572. The minimum absolute atomic E-state index is 0.0245. The standard InChI is InChI=1S/C13H8Br2OS/c14-10-7-13(17-8-10)12(16)6-5-9-3-1-2-4-11(9)15/h1-8H/b6-5+. The van der Waals surface area contributed by atoms with Gasteiger partial charge in [0.05, 0.1) is 4.88 Å². The molecular weight excluding hydrogens is 364 g/mol. The molecule has 0 bridgehead atoms. The predicted molar refractivity (Wildman–Crippen MR) is 79.5 cm³/mol. The van der Waals surface area contributed by atoms with Crippen molar-refractivity contribution in [2.45, 2.75) is 0 Å². The molecule has 1 heterocycles. The maximum Gasteiger partial charge on any atom is 0.195 e. The van der Waals surface area contributed by atoms with Crippen molar-refractivity contribution in [3.63, 3.8) is 0 Å². The van der Waals surface area contributed by atoms with Crippen molar-refractivity contribution >= 4 is 55.1 Å². The summed E-state index contributed by atoms with van der Waals surface area (Å²) in [4.78, 5) is 12.6. The Morgan fingerprint density at radius 2 is 2.00 bits per heavy atom. The number of carbonyl (C=O) groups is 1. The lowest BCUT2D eigenvalue weighted by atomic mass is 10.2. The molecule has 0 saturated carbocycles. The average molecular weight is 372 g/mol. The number of rotatable bonds is 3. The van der Waals surface area contributed by atoms with Gasteiger partial charge >= 0.3 is 0 Å². The Morgan fingerprint density at radius 1 is 1.24 bits per heavy atom. The molecule has 0 N–H and O–H groups in total. The minimum atomic E-state index is 0.0245. The summed E-state index contributed by atoms with van der Waals surface area (Å²) in [5.41, 5.74) is 0.997. The first kappa shape index (κ1) is 12.7. The molecule has 86 valence electrons. The molecule has 0 fully saturated rings. The van der Waals surface area contributed by atoms with Crippen LogP contribution in [0.15, 0.2) is 50.7 Å². The maximum absolute atomic E-state index is 11.8. The van der Waals surface area contributed by atoms with Crippen LogP contribution in [0.1, 0.15) is 15.2 Å². The molecule has 0 spiro atoms. The number of hydrogen-bond donors (Lipinski definition) is 0. The zero-order valence-electron chi connectivity index (χ0n) is 8.69. The van der Waals surface area contributed by atoms with Crippen LogP contribution in [0, 0.1) is 0 Å². The molecule has 2 rings (SSSR count). The second kappa shape index (κ2) is 5.76. The van der Waals surface area contributed by atoms with E-state index in [0.717, 1.165) is 19.4 Å². The fourth-order valence-corrected chi connectivity index (χ4v) is 3.06. The van der Waals surface area contributed by atoms with Gasteiger partial charge in [-0.1, -0.05) is 34.1 Å². The van der Waals surface area contributed by atoms with Crippen molar-refractivity contribution in [2.24, 2.45) is 0 Å². The molecule has 0 saturated heterocycles. The third kappa shape index (κ3) is 3.37. The van der Waals surface area contributed by atoms with Gasteiger partial charge in [-0.3, -0.25) is 4.79 Å². The molecular formula is C13H8Br2OS. The molecule has 0 aliphatic heterocycles. The van der Waals surface area contributed by atoms with Crippen LogP contribution in [0.4, 0.5) is 0 Å². The van der Waals surface area contributed by atoms with E-state index in [1.807, 2.05) is 41.8 Å². The van der Waals surface area contributed by atoms with Crippen molar-refractivity contribution in [1.29, 1.82) is 0 Å². The summed E-state index contributed by atoms with van der Waals surface area (Å²) in [5.74, 6) is 0.0245. The Morgan fingerprint density at radius 3 is 2.65 bits per heavy atom. The Balaban J connectivity index is 2.17. The van der Waals surface area contributed by atoms with Crippen LogP contribution in [0.3, 0.4) is 0 Å². The number of allylic oxidation sites excluding steroid dienone is 1. The molecule has 1 nitrogen and oxygen atoms in total. The molecule has 0 aliphatic carbocycles. The molecule has 1 aromatic heterocycles. The Labute approximate surface area is 120 Å². The SMILES string of the molecule is O=C(/C=C/c1ccccc1Br)c1cc(Br)cs1. The van der Waals surface area contributed by atoms with Gasteiger partial charge in [-0.05, 0) is 45.8 Å². The summed E-state index contributed by atoms with van der Waals surface area (Å²) in [7, 11) is 0. The van der Waals surface area contributed by atoms with Gasteiger partial charge in [-0.2, -0.15) is 0 Å². The summed E-state index contributed by atoms with van der Waals surface area (Å²) in [5, 5.41) is 1.90. The van der Waals surface area contributed by atoms with E-state index in [4.69, 9.17) is 0 Å². The predicted octanol–water partition coefficient (Wildman–Crippen LogP) is 5.17. The molecule has 1 aromatic carbocycles. The topological polar surface area (TPSA) is 17.1 Å². The quantitative estimate of drug-likeness (QED) is 0.537. The van der Waals surface area contributed by atoms with E-state index < -0.39 is 0 Å². The largest absolute Gasteiger partial charge is 0.288 e. The number of ketones is 1. The highest BCUT2D eigenvalue weighted by molar-refractivity contribution is 9.10. The third-order valence-electron chi connectivity index (χ3n) is 2.13. The van der Waals surface area contributed by atoms with E-state index in [9.17, 15) is 4.79 Å². The Hall–Kier alpha value is -0.710. The summed E-state index contributed by atoms with van der Waals surface area (Å²) in [6.45, 7) is 0. The van der Waals surface area contributed by atoms with Gasteiger partial charge in [0.1, 0.15) is 0 Å². The highest BCUT2D eigenvalue weighted by Gasteiger charge is 2.04. The van der Waals surface area contributed by atoms with Gasteiger partial charge in [0.2, 0.25) is 0 Å². The lowest BCUT2D eigenvalue weighted by molar-refractivity contribution is 0.105. The second-order valence-electron chi connectivity index (χ2n) is 3.35. The van der Waals surface area contributed by atoms with E-state index in [1.165, 1.54) is 11.3 Å². The van der Waals surface area contributed by atoms with Crippen molar-refractivity contribution in [1.82, 2.24) is 0 Å². The van der Waals surface area contributed by atoms with Gasteiger partial charge in [0.25, 0.3) is 0 Å². The number of carbonyl (C=O) groups excluding carboxylic acids is 1. The van der Waals surface area contributed by atoms with E-state index >= 15 is 0 Å². The van der Waals surface area contributed by atoms with Crippen molar-refractivity contribution in [3.05, 3.63) is 61.2 Å². The first-order valence-electron chi connectivity index (χ1n) is 4.88. The van der Waals surface area contributed by atoms with Crippen molar-refractivity contribution < 1.29 is 4.79 Å². The van der Waals surface area contributed by atoms with E-state index in [2.05, 4.69) is 31.9 Å². The third-order valence-corrected chi connectivity index (χ3v) is 4.56. The van der Waals surface area contributed by atoms with E-state index in [0.29, 0.717) is 0 Å². The first-order valence-corrected chi connectivity index (χ1v) is 7.34.